The smallest absolute Gasteiger partial charge is 0.227 e. The van der Waals surface area contributed by atoms with E-state index in [4.69, 9.17) is 9.47 Å². The number of carbonyl (C=O) groups excluding carboxylic acids is 1. The predicted molar refractivity (Wildman–Crippen MR) is 131 cm³/mol. The fraction of sp³-hybridized carbons (Fsp3) is 0.593. The summed E-state index contributed by atoms with van der Waals surface area (Å²) in [5.41, 5.74) is 1.43. The molecule has 0 spiro atoms. The van der Waals surface area contributed by atoms with E-state index in [9.17, 15) is 9.18 Å². The third-order valence-corrected chi connectivity index (χ3v) is 7.74. The van der Waals surface area contributed by atoms with Crippen molar-refractivity contribution in [1.82, 2.24) is 14.9 Å². The molecular formula is C27H35FN4O3. The van der Waals surface area contributed by atoms with Gasteiger partial charge in [0.15, 0.2) is 0 Å². The third kappa shape index (κ3) is 5.92. The molecule has 3 aliphatic rings. The minimum Gasteiger partial charge on any atom is -0.493 e. The number of anilines is 1. The van der Waals surface area contributed by atoms with Crippen LogP contribution < -0.4 is 9.64 Å². The molecule has 0 radical (unpaired) electrons. The Bertz CT molecular complexity index is 1010. The molecule has 2 aliphatic heterocycles. The van der Waals surface area contributed by atoms with Crippen molar-refractivity contribution in [3.63, 3.8) is 0 Å². The number of benzene rings is 1. The maximum Gasteiger partial charge on any atom is 0.227 e. The molecule has 1 aliphatic carbocycles. The van der Waals surface area contributed by atoms with E-state index in [0.29, 0.717) is 30.4 Å². The number of carbonyl (C=O) groups is 1. The minimum absolute atomic E-state index is 0.00179. The highest BCUT2D eigenvalue weighted by Gasteiger charge is 2.43. The molecule has 1 amide bonds. The molecule has 3 heterocycles. The molecule has 0 bridgehead atoms. The summed E-state index contributed by atoms with van der Waals surface area (Å²) in [5.74, 6) is 3.24. The average Bonchev–Trinajstić information content (AvgIpc) is 3.60. The van der Waals surface area contributed by atoms with Crippen molar-refractivity contribution in [2.75, 3.05) is 44.8 Å². The lowest BCUT2D eigenvalue weighted by atomic mass is 9.90. The second-order valence-electron chi connectivity index (χ2n) is 10.1. The molecule has 7 nitrogen and oxygen atoms in total. The lowest BCUT2D eigenvalue weighted by Crippen LogP contribution is -2.42. The molecular weight excluding hydrogens is 447 g/mol. The van der Waals surface area contributed by atoms with Crippen molar-refractivity contribution in [1.29, 1.82) is 0 Å². The summed E-state index contributed by atoms with van der Waals surface area (Å²) in [6.07, 6.45) is 9.49. The highest BCUT2D eigenvalue weighted by Crippen LogP contribution is 2.49. The van der Waals surface area contributed by atoms with Gasteiger partial charge in [0.25, 0.3) is 0 Å². The molecule has 5 rings (SSSR count). The van der Waals surface area contributed by atoms with Crippen LogP contribution in [-0.2, 0) is 22.6 Å². The molecule has 8 heteroatoms. The minimum atomic E-state index is -0.357. The van der Waals surface area contributed by atoms with Gasteiger partial charge in [0.05, 0.1) is 19.6 Å². The molecule has 2 aromatic rings. The number of amides is 1. The summed E-state index contributed by atoms with van der Waals surface area (Å²) in [6, 6.07) is 4.89. The molecule has 0 unspecified atom stereocenters. The average molecular weight is 483 g/mol. The van der Waals surface area contributed by atoms with Crippen LogP contribution in [0.2, 0.25) is 0 Å². The lowest BCUT2D eigenvalue weighted by Gasteiger charge is -2.32. The summed E-state index contributed by atoms with van der Waals surface area (Å²) in [7, 11) is 1.67. The zero-order chi connectivity index (χ0) is 24.2. The van der Waals surface area contributed by atoms with Crippen LogP contribution in [0.25, 0.3) is 0 Å². The van der Waals surface area contributed by atoms with Crippen LogP contribution in [0.3, 0.4) is 0 Å². The number of ether oxygens (including phenoxy) is 2. The Kier molecular flexibility index (Phi) is 7.46. The van der Waals surface area contributed by atoms with Crippen molar-refractivity contribution in [2.45, 2.75) is 45.1 Å². The number of methoxy groups -OCH3 is 1. The third-order valence-electron chi connectivity index (χ3n) is 7.74. The second-order valence-corrected chi connectivity index (χ2v) is 10.1. The predicted octanol–water partition coefficient (Wildman–Crippen LogP) is 3.86. The van der Waals surface area contributed by atoms with Crippen LogP contribution in [0.5, 0.6) is 5.75 Å². The van der Waals surface area contributed by atoms with Gasteiger partial charge in [-0.15, -0.1) is 0 Å². The van der Waals surface area contributed by atoms with E-state index >= 15 is 0 Å². The fourth-order valence-electron chi connectivity index (χ4n) is 5.39. The Balaban J connectivity index is 1.01. The number of nitrogens with zero attached hydrogens (tertiary/aromatic N) is 4. The first-order chi connectivity index (χ1) is 17.1. The second kappa shape index (κ2) is 10.9. The van der Waals surface area contributed by atoms with Gasteiger partial charge < -0.3 is 19.3 Å². The molecule has 188 valence electrons. The molecule has 3 fully saturated rings. The Morgan fingerprint density at radius 2 is 1.91 bits per heavy atom. The summed E-state index contributed by atoms with van der Waals surface area (Å²) in [5, 5.41) is 0. The summed E-state index contributed by atoms with van der Waals surface area (Å²) >= 11 is 0. The van der Waals surface area contributed by atoms with Crippen LogP contribution in [0.4, 0.5) is 10.3 Å². The summed E-state index contributed by atoms with van der Waals surface area (Å²) in [4.78, 5) is 25.1. The number of likely N-dealkylation sites (tertiary alicyclic amines) is 1. The number of aromatic nitrogens is 2. The van der Waals surface area contributed by atoms with Gasteiger partial charge in [0.2, 0.25) is 11.9 Å². The first kappa shape index (κ1) is 24.0. The van der Waals surface area contributed by atoms with Crippen LogP contribution in [0.1, 0.15) is 43.2 Å². The standard InChI is InChI=1S/C27H35FN4O3/c1-34-18-19-16-29-27(30-17-19)32-10-5-20(6-11-32)24-13-21(24)7-12-35-23-4-3-22(25(28)15-23)14-26(33)31-8-2-9-31/h3-4,15-17,20-21,24H,2,5-14,18H2,1H3/t21-,24+/m0/s1. The van der Waals surface area contributed by atoms with Gasteiger partial charge in [-0.2, -0.15) is 0 Å². The Morgan fingerprint density at radius 1 is 1.14 bits per heavy atom. The van der Waals surface area contributed by atoms with E-state index in [2.05, 4.69) is 14.9 Å². The largest absolute Gasteiger partial charge is 0.493 e. The van der Waals surface area contributed by atoms with Crippen molar-refractivity contribution in [3.05, 3.63) is 47.5 Å². The number of piperidine rings is 1. The van der Waals surface area contributed by atoms with Gasteiger partial charge in [-0.05, 0) is 61.5 Å². The van der Waals surface area contributed by atoms with Gasteiger partial charge in [-0.3, -0.25) is 4.79 Å². The zero-order valence-electron chi connectivity index (χ0n) is 20.5. The van der Waals surface area contributed by atoms with Gasteiger partial charge >= 0.3 is 0 Å². The van der Waals surface area contributed by atoms with E-state index in [1.165, 1.54) is 25.3 Å². The first-order valence-electron chi connectivity index (χ1n) is 12.8. The molecule has 35 heavy (non-hydrogen) atoms. The SMILES string of the molecule is COCc1cnc(N2CCC([C@H]3C[C@@H]3CCOc3ccc(CC(=O)N4CCC4)c(F)c3)CC2)nc1. The number of hydrogen-bond acceptors (Lipinski definition) is 6. The first-order valence-corrected chi connectivity index (χ1v) is 12.8. The quantitative estimate of drug-likeness (QED) is 0.512. The van der Waals surface area contributed by atoms with E-state index < -0.39 is 0 Å². The van der Waals surface area contributed by atoms with Gasteiger partial charge in [-0.25, -0.2) is 14.4 Å². The van der Waals surface area contributed by atoms with Crippen LogP contribution in [0, 0.1) is 23.6 Å². The highest BCUT2D eigenvalue weighted by atomic mass is 19.1. The van der Waals surface area contributed by atoms with Crippen LogP contribution >= 0.6 is 0 Å². The monoisotopic (exact) mass is 482 g/mol. The topological polar surface area (TPSA) is 67.8 Å². The van der Waals surface area contributed by atoms with E-state index in [-0.39, 0.29) is 18.1 Å². The Labute approximate surface area is 206 Å². The Morgan fingerprint density at radius 3 is 2.57 bits per heavy atom. The van der Waals surface area contributed by atoms with Gasteiger partial charge in [-0.1, -0.05) is 6.07 Å². The molecule has 1 aromatic carbocycles. The van der Waals surface area contributed by atoms with Crippen LogP contribution in [-0.4, -0.2) is 60.7 Å². The lowest BCUT2D eigenvalue weighted by molar-refractivity contribution is -0.133. The van der Waals surface area contributed by atoms with Gasteiger partial charge in [0, 0.05) is 57.3 Å². The Hall–Kier alpha value is -2.74. The van der Waals surface area contributed by atoms with Crippen molar-refractivity contribution in [2.24, 2.45) is 17.8 Å². The van der Waals surface area contributed by atoms with E-state index in [0.717, 1.165) is 62.4 Å². The maximum absolute atomic E-state index is 14.4. The number of rotatable bonds is 10. The van der Waals surface area contributed by atoms with Crippen molar-refractivity contribution < 1.29 is 18.7 Å². The molecule has 0 N–H and O–H groups in total. The normalized spacial score (nSPS) is 22.1. The fourth-order valence-corrected chi connectivity index (χ4v) is 5.39. The van der Waals surface area contributed by atoms with Crippen molar-refractivity contribution in [3.8, 4) is 5.75 Å². The zero-order valence-corrected chi connectivity index (χ0v) is 20.5. The molecule has 2 saturated heterocycles. The number of halogens is 1. The van der Waals surface area contributed by atoms with Crippen LogP contribution in [0.15, 0.2) is 30.6 Å². The molecule has 2 atom stereocenters. The molecule has 1 saturated carbocycles. The summed E-state index contributed by atoms with van der Waals surface area (Å²) in [6.45, 7) is 4.73. The summed E-state index contributed by atoms with van der Waals surface area (Å²) < 4.78 is 25.4. The number of hydrogen-bond donors (Lipinski definition) is 0. The van der Waals surface area contributed by atoms with Crippen molar-refractivity contribution >= 4 is 11.9 Å². The maximum atomic E-state index is 14.4. The highest BCUT2D eigenvalue weighted by molar-refractivity contribution is 5.79. The van der Waals surface area contributed by atoms with E-state index in [1.54, 1.807) is 24.1 Å². The van der Waals surface area contributed by atoms with Gasteiger partial charge in [0.1, 0.15) is 11.6 Å². The van der Waals surface area contributed by atoms with E-state index in [1.807, 2.05) is 12.4 Å². The molecule has 1 aromatic heterocycles.